The predicted molar refractivity (Wildman–Crippen MR) is 129 cm³/mol. The van der Waals surface area contributed by atoms with Gasteiger partial charge in [0.1, 0.15) is 23.7 Å². The molecule has 1 amide bonds. The summed E-state index contributed by atoms with van der Waals surface area (Å²) in [6.45, 7) is 6.77. The Morgan fingerprint density at radius 1 is 1.33 bits per heavy atom. The first-order valence-electron chi connectivity index (χ1n) is 12.2. The number of carbonyl (C=O) groups excluding carboxylic acids is 2. The van der Waals surface area contributed by atoms with Gasteiger partial charge in [0.05, 0.1) is 18.3 Å². The zero-order valence-corrected chi connectivity index (χ0v) is 20.9. The summed E-state index contributed by atoms with van der Waals surface area (Å²) < 4.78 is 21.7. The number of likely N-dealkylation sites (tertiary alicyclic amines) is 1. The molecule has 1 saturated carbocycles. The van der Waals surface area contributed by atoms with E-state index in [4.69, 9.17) is 4.74 Å². The number of piperidine rings is 1. The van der Waals surface area contributed by atoms with Crippen LogP contribution in [-0.2, 0) is 11.2 Å². The molecule has 2 bridgehead atoms. The second kappa shape index (κ2) is 9.99. The van der Waals surface area contributed by atoms with Crippen LogP contribution in [0.1, 0.15) is 57.3 Å². The molecule has 1 aromatic heterocycles. The van der Waals surface area contributed by atoms with E-state index in [2.05, 4.69) is 16.5 Å². The number of carbonyl (C=O) groups is 2. The molecule has 192 valence electrons. The molecule has 1 saturated heterocycles. The number of nitrogens with one attached hydrogen (secondary N) is 1. The summed E-state index contributed by atoms with van der Waals surface area (Å²) in [5, 5.41) is 27.6. The molecular weight excluding hydrogens is 465 g/mol. The summed E-state index contributed by atoms with van der Waals surface area (Å²) in [4.78, 5) is 25.9. The third-order valence-electron chi connectivity index (χ3n) is 6.81. The molecule has 4 rings (SSSR count). The largest absolute Gasteiger partial charge is 0.444 e. The molecule has 36 heavy (non-hydrogen) atoms. The Morgan fingerprint density at radius 2 is 2.08 bits per heavy atom. The lowest BCUT2D eigenvalue weighted by Crippen LogP contribution is -2.57. The monoisotopic (exact) mass is 497 g/mol. The van der Waals surface area contributed by atoms with Crippen molar-refractivity contribution in [3.8, 4) is 17.2 Å². The zero-order valence-electron chi connectivity index (χ0n) is 20.9. The Labute approximate surface area is 209 Å². The second-order valence-electron chi connectivity index (χ2n) is 10.6. The second-order valence-corrected chi connectivity index (χ2v) is 10.6. The maximum Gasteiger partial charge on any atom is 0.410 e. The van der Waals surface area contributed by atoms with Crippen LogP contribution in [0.15, 0.2) is 30.6 Å². The smallest absolute Gasteiger partial charge is 0.410 e. The number of nitrogens with zero attached hydrogens (tertiary/aromatic N) is 4. The summed E-state index contributed by atoms with van der Waals surface area (Å²) in [6.07, 6.45) is 3.95. The average Bonchev–Trinajstić information content (AvgIpc) is 3.54. The summed E-state index contributed by atoms with van der Waals surface area (Å²) in [5.74, 6) is -0.647. The number of hydrogen-bond donors (Lipinski definition) is 2. The van der Waals surface area contributed by atoms with Gasteiger partial charge in [-0.2, -0.15) is 10.4 Å². The Hall–Kier alpha value is -3.29. The van der Waals surface area contributed by atoms with Gasteiger partial charge in [0.25, 0.3) is 0 Å². The van der Waals surface area contributed by atoms with Crippen molar-refractivity contribution in [2.24, 2.45) is 5.92 Å². The van der Waals surface area contributed by atoms with Gasteiger partial charge >= 0.3 is 6.09 Å². The van der Waals surface area contributed by atoms with Gasteiger partial charge in [0.2, 0.25) is 5.91 Å². The minimum Gasteiger partial charge on any atom is -0.444 e. The van der Waals surface area contributed by atoms with E-state index in [-0.39, 0.29) is 24.3 Å². The van der Waals surface area contributed by atoms with Crippen LogP contribution in [0.25, 0.3) is 11.1 Å². The maximum absolute atomic E-state index is 14.9. The highest BCUT2D eigenvalue weighted by atomic mass is 19.1. The fourth-order valence-electron chi connectivity index (χ4n) is 5.22. The van der Waals surface area contributed by atoms with Crippen LogP contribution in [0.5, 0.6) is 0 Å². The number of amides is 1. The number of aliphatic hydroxyl groups is 1. The van der Waals surface area contributed by atoms with Crippen molar-refractivity contribution in [3.63, 3.8) is 0 Å². The third kappa shape index (κ3) is 5.42. The van der Waals surface area contributed by atoms with E-state index in [0.717, 1.165) is 19.3 Å². The zero-order chi connectivity index (χ0) is 26.2. The Kier molecular flexibility index (Phi) is 7.16. The number of rotatable bonds is 6. The van der Waals surface area contributed by atoms with Gasteiger partial charge in [-0.3, -0.25) is 15.0 Å². The van der Waals surface area contributed by atoms with Crippen LogP contribution in [0.3, 0.4) is 0 Å². The average molecular weight is 498 g/mol. The number of aromatic nitrogens is 2. The van der Waals surface area contributed by atoms with Crippen LogP contribution >= 0.6 is 0 Å². The first-order valence-corrected chi connectivity index (χ1v) is 12.2. The van der Waals surface area contributed by atoms with Crippen molar-refractivity contribution in [2.45, 2.75) is 83.3 Å². The molecule has 9 nitrogen and oxygen atoms in total. The van der Waals surface area contributed by atoms with Crippen molar-refractivity contribution >= 4 is 12.0 Å². The first-order chi connectivity index (χ1) is 17.0. The summed E-state index contributed by atoms with van der Waals surface area (Å²) >= 11 is 0. The van der Waals surface area contributed by atoms with Gasteiger partial charge in [-0.05, 0) is 63.1 Å². The molecular formula is C26H32FN5O4. The SMILES string of the molecule is CC(=O)n1cc(-c2ccc(C[C@@H](C#N)NC(O)[C@@H]3[C@H]4CC[C@H](C4)N3C(=O)OC(C)(C)C)c(F)c2)cn1. The van der Waals surface area contributed by atoms with Gasteiger partial charge in [-0.25, -0.2) is 13.9 Å². The van der Waals surface area contributed by atoms with Gasteiger partial charge in [0, 0.05) is 31.1 Å². The molecule has 2 aromatic rings. The van der Waals surface area contributed by atoms with E-state index >= 15 is 0 Å². The van der Waals surface area contributed by atoms with E-state index in [9.17, 15) is 24.3 Å². The summed E-state index contributed by atoms with van der Waals surface area (Å²) in [6, 6.07) is 5.33. The standard InChI is InChI=1S/C26H32FN5O4/c1-15(33)31-14-19(13-29-31)16-5-6-17(22(27)11-16)9-20(12-28)30-24(34)23-18-7-8-21(10-18)32(23)25(35)36-26(2,3)4/h5-6,11,13-14,18,20-21,23-24,30,34H,7-10H2,1-4H3/t18-,20-,21+,23-,24?/m0/s1. The molecule has 5 atom stereocenters. The van der Waals surface area contributed by atoms with Crippen molar-refractivity contribution < 1.29 is 23.8 Å². The lowest BCUT2D eigenvalue weighted by atomic mass is 9.96. The normalized spacial score (nSPS) is 22.8. The Balaban J connectivity index is 1.44. The van der Waals surface area contributed by atoms with E-state index in [1.165, 1.54) is 30.1 Å². The van der Waals surface area contributed by atoms with Crippen LogP contribution in [0.2, 0.25) is 0 Å². The van der Waals surface area contributed by atoms with Gasteiger partial charge in [-0.15, -0.1) is 0 Å². The maximum atomic E-state index is 14.9. The molecule has 1 aromatic carbocycles. The van der Waals surface area contributed by atoms with E-state index in [1.54, 1.807) is 37.8 Å². The Morgan fingerprint density at radius 3 is 2.69 bits per heavy atom. The molecule has 1 aliphatic carbocycles. The number of fused-ring (bicyclic) bond motifs is 2. The molecule has 0 spiro atoms. The number of halogens is 1. The molecule has 2 aliphatic rings. The predicted octanol–water partition coefficient (Wildman–Crippen LogP) is 3.48. The third-order valence-corrected chi connectivity index (χ3v) is 6.81. The number of aliphatic hydroxyl groups excluding tert-OH is 1. The van der Waals surface area contributed by atoms with Crippen molar-refractivity contribution in [1.82, 2.24) is 20.0 Å². The van der Waals surface area contributed by atoms with Crippen LogP contribution < -0.4 is 5.32 Å². The number of benzene rings is 1. The van der Waals surface area contributed by atoms with E-state index in [0.29, 0.717) is 16.7 Å². The minimum atomic E-state index is -1.16. The molecule has 2 heterocycles. The topological polar surface area (TPSA) is 120 Å². The highest BCUT2D eigenvalue weighted by Gasteiger charge is 2.52. The summed E-state index contributed by atoms with van der Waals surface area (Å²) in [7, 11) is 0. The lowest BCUT2D eigenvalue weighted by Gasteiger charge is -2.39. The van der Waals surface area contributed by atoms with Crippen LogP contribution in [0, 0.1) is 23.1 Å². The highest BCUT2D eigenvalue weighted by molar-refractivity contribution is 5.77. The van der Waals surface area contributed by atoms with Gasteiger partial charge in [0.15, 0.2) is 0 Å². The van der Waals surface area contributed by atoms with Crippen LogP contribution in [-0.4, -0.2) is 61.7 Å². The van der Waals surface area contributed by atoms with Gasteiger partial charge in [-0.1, -0.05) is 12.1 Å². The van der Waals surface area contributed by atoms with Crippen LogP contribution in [0.4, 0.5) is 9.18 Å². The number of ether oxygens (including phenoxy) is 1. The quantitative estimate of drug-likeness (QED) is 0.586. The van der Waals surface area contributed by atoms with E-state index < -0.39 is 35.8 Å². The van der Waals surface area contributed by atoms with Crippen molar-refractivity contribution in [3.05, 3.63) is 42.0 Å². The fraction of sp³-hybridized carbons (Fsp3) is 0.538. The summed E-state index contributed by atoms with van der Waals surface area (Å²) in [5.41, 5.74) is 0.798. The molecule has 10 heteroatoms. The minimum absolute atomic E-state index is 0.00387. The first kappa shape index (κ1) is 25.8. The van der Waals surface area contributed by atoms with Crippen molar-refractivity contribution in [1.29, 1.82) is 5.26 Å². The molecule has 2 fully saturated rings. The lowest BCUT2D eigenvalue weighted by molar-refractivity contribution is -0.0283. The molecule has 1 aliphatic heterocycles. The number of nitriles is 1. The number of hydrogen-bond acceptors (Lipinski definition) is 7. The van der Waals surface area contributed by atoms with Crippen molar-refractivity contribution in [2.75, 3.05) is 0 Å². The molecule has 2 N–H and O–H groups in total. The fourth-order valence-corrected chi connectivity index (χ4v) is 5.22. The Bertz CT molecular complexity index is 1180. The highest BCUT2D eigenvalue weighted by Crippen LogP contribution is 2.44. The van der Waals surface area contributed by atoms with Gasteiger partial charge < -0.3 is 9.84 Å². The van der Waals surface area contributed by atoms with E-state index in [1.807, 2.05) is 0 Å². The molecule has 0 radical (unpaired) electrons. The molecule has 1 unspecified atom stereocenters.